The summed E-state index contributed by atoms with van der Waals surface area (Å²) in [6, 6.07) is 8.23. The van der Waals surface area contributed by atoms with Crippen molar-refractivity contribution in [3.05, 3.63) is 29.8 Å². The molecule has 118 valence electrons. The summed E-state index contributed by atoms with van der Waals surface area (Å²) in [6.45, 7) is 7.60. The number of hydrogen-bond donors (Lipinski definition) is 1. The van der Waals surface area contributed by atoms with Crippen molar-refractivity contribution in [1.29, 1.82) is 0 Å². The van der Waals surface area contributed by atoms with Crippen LogP contribution in [0.1, 0.15) is 51.5 Å². The predicted octanol–water partition coefficient (Wildman–Crippen LogP) is 4.49. The van der Waals surface area contributed by atoms with Crippen molar-refractivity contribution < 1.29 is 9.90 Å². The average molecular weight is 291 g/mol. The molecule has 0 bridgehead atoms. The smallest absolute Gasteiger partial charge is 0.308 e. The Morgan fingerprint density at radius 2 is 1.86 bits per heavy atom. The molecule has 21 heavy (non-hydrogen) atoms. The summed E-state index contributed by atoms with van der Waals surface area (Å²) < 4.78 is 0. The number of unbranched alkanes of at least 4 members (excludes halogenated alkanes) is 4. The standard InChI is InChI=1S/C18H29NO2/c1-4-5-6-7-10-13-19(14-16(3)18(20)21)17-12-9-8-11-15(17)2/h8-9,11-12,16H,4-7,10,13-14H2,1-3H3,(H,20,21). The first-order valence-electron chi connectivity index (χ1n) is 8.09. The highest BCUT2D eigenvalue weighted by molar-refractivity contribution is 5.70. The molecule has 0 fully saturated rings. The second-order valence-electron chi connectivity index (χ2n) is 5.89. The number of hydrogen-bond acceptors (Lipinski definition) is 2. The number of aryl methyl sites for hydroxylation is 1. The van der Waals surface area contributed by atoms with Crippen LogP contribution in [0.25, 0.3) is 0 Å². The van der Waals surface area contributed by atoms with Gasteiger partial charge in [-0.3, -0.25) is 4.79 Å². The summed E-state index contributed by atoms with van der Waals surface area (Å²) in [6.07, 6.45) is 6.15. The van der Waals surface area contributed by atoms with E-state index in [1.54, 1.807) is 6.92 Å². The van der Waals surface area contributed by atoms with Gasteiger partial charge in [-0.25, -0.2) is 0 Å². The fourth-order valence-corrected chi connectivity index (χ4v) is 2.54. The third kappa shape index (κ3) is 6.19. The largest absolute Gasteiger partial charge is 0.481 e. The quantitative estimate of drug-likeness (QED) is 0.646. The normalized spacial score (nSPS) is 12.1. The van der Waals surface area contributed by atoms with Crippen LogP contribution in [0.4, 0.5) is 5.69 Å². The van der Waals surface area contributed by atoms with Crippen molar-refractivity contribution in [2.75, 3.05) is 18.0 Å². The fraction of sp³-hybridized carbons (Fsp3) is 0.611. The number of anilines is 1. The van der Waals surface area contributed by atoms with Gasteiger partial charge < -0.3 is 10.0 Å². The molecule has 0 amide bonds. The Bertz CT molecular complexity index is 431. The Labute approximate surface area is 129 Å². The van der Waals surface area contributed by atoms with Gasteiger partial charge in [-0.05, 0) is 25.0 Å². The Hall–Kier alpha value is -1.51. The molecule has 1 unspecified atom stereocenters. The third-order valence-electron chi connectivity index (χ3n) is 3.90. The number of carbonyl (C=O) groups is 1. The number of rotatable bonds is 10. The van der Waals surface area contributed by atoms with Crippen LogP contribution in [-0.4, -0.2) is 24.2 Å². The molecule has 1 N–H and O–H groups in total. The topological polar surface area (TPSA) is 40.5 Å². The van der Waals surface area contributed by atoms with Crippen molar-refractivity contribution >= 4 is 11.7 Å². The number of para-hydroxylation sites is 1. The van der Waals surface area contributed by atoms with E-state index < -0.39 is 5.97 Å². The van der Waals surface area contributed by atoms with E-state index >= 15 is 0 Å². The van der Waals surface area contributed by atoms with Crippen molar-refractivity contribution in [1.82, 2.24) is 0 Å². The van der Waals surface area contributed by atoms with Gasteiger partial charge in [0.25, 0.3) is 0 Å². The minimum Gasteiger partial charge on any atom is -0.481 e. The summed E-state index contributed by atoms with van der Waals surface area (Å²) in [4.78, 5) is 13.4. The fourth-order valence-electron chi connectivity index (χ4n) is 2.54. The van der Waals surface area contributed by atoms with Gasteiger partial charge in [0.15, 0.2) is 0 Å². The summed E-state index contributed by atoms with van der Waals surface area (Å²) in [5.74, 6) is -1.07. The van der Waals surface area contributed by atoms with Crippen molar-refractivity contribution in [2.24, 2.45) is 5.92 Å². The van der Waals surface area contributed by atoms with E-state index in [-0.39, 0.29) is 5.92 Å². The molecule has 0 spiro atoms. The molecule has 0 saturated heterocycles. The number of aliphatic carboxylic acids is 1. The Kier molecular flexibility index (Phi) is 7.88. The first-order valence-corrected chi connectivity index (χ1v) is 8.09. The van der Waals surface area contributed by atoms with E-state index in [1.165, 1.54) is 36.9 Å². The lowest BCUT2D eigenvalue weighted by molar-refractivity contribution is -0.140. The number of carboxylic acid groups (broad SMARTS) is 1. The second-order valence-corrected chi connectivity index (χ2v) is 5.89. The van der Waals surface area contributed by atoms with Gasteiger partial charge in [0.05, 0.1) is 5.92 Å². The van der Waals surface area contributed by atoms with Crippen molar-refractivity contribution in [2.45, 2.75) is 52.9 Å². The van der Waals surface area contributed by atoms with Crippen LogP contribution in [-0.2, 0) is 4.79 Å². The van der Waals surface area contributed by atoms with E-state index in [2.05, 4.69) is 30.9 Å². The molecule has 3 heteroatoms. The van der Waals surface area contributed by atoms with Gasteiger partial charge in [0, 0.05) is 18.8 Å². The molecule has 0 aliphatic rings. The van der Waals surface area contributed by atoms with Gasteiger partial charge in [-0.1, -0.05) is 57.7 Å². The van der Waals surface area contributed by atoms with Gasteiger partial charge in [0.2, 0.25) is 0 Å². The van der Waals surface area contributed by atoms with Crippen LogP contribution < -0.4 is 4.90 Å². The highest BCUT2D eigenvalue weighted by Gasteiger charge is 2.17. The third-order valence-corrected chi connectivity index (χ3v) is 3.90. The number of nitrogens with zero attached hydrogens (tertiary/aromatic N) is 1. The average Bonchev–Trinajstić information content (AvgIpc) is 2.46. The molecule has 1 rings (SSSR count). The first-order chi connectivity index (χ1) is 10.1. The van der Waals surface area contributed by atoms with Gasteiger partial charge in [-0.2, -0.15) is 0 Å². The van der Waals surface area contributed by atoms with Crippen LogP contribution in [0.5, 0.6) is 0 Å². The first kappa shape index (κ1) is 17.5. The molecule has 0 aliphatic heterocycles. The summed E-state index contributed by atoms with van der Waals surface area (Å²) >= 11 is 0. The Morgan fingerprint density at radius 3 is 2.48 bits per heavy atom. The molecule has 0 radical (unpaired) electrons. The highest BCUT2D eigenvalue weighted by Crippen LogP contribution is 2.21. The maximum atomic E-state index is 11.1. The lowest BCUT2D eigenvalue weighted by atomic mass is 10.1. The van der Waals surface area contributed by atoms with Crippen molar-refractivity contribution in [3.8, 4) is 0 Å². The predicted molar refractivity (Wildman–Crippen MR) is 89.0 cm³/mol. The van der Waals surface area contributed by atoms with E-state index in [0.29, 0.717) is 6.54 Å². The van der Waals surface area contributed by atoms with E-state index in [0.717, 1.165) is 13.0 Å². The Balaban J connectivity index is 2.66. The molecule has 0 heterocycles. The zero-order valence-electron chi connectivity index (χ0n) is 13.6. The maximum absolute atomic E-state index is 11.1. The molecular weight excluding hydrogens is 262 g/mol. The molecule has 3 nitrogen and oxygen atoms in total. The van der Waals surface area contributed by atoms with Crippen LogP contribution in [0, 0.1) is 12.8 Å². The van der Waals surface area contributed by atoms with E-state index in [4.69, 9.17) is 5.11 Å². The van der Waals surface area contributed by atoms with Crippen LogP contribution >= 0.6 is 0 Å². The zero-order chi connectivity index (χ0) is 15.7. The van der Waals surface area contributed by atoms with Gasteiger partial charge in [-0.15, -0.1) is 0 Å². The molecule has 0 aromatic heterocycles. The second kappa shape index (κ2) is 9.43. The summed E-state index contributed by atoms with van der Waals surface area (Å²) in [5.41, 5.74) is 2.38. The van der Waals surface area contributed by atoms with Crippen LogP contribution in [0.15, 0.2) is 24.3 Å². The van der Waals surface area contributed by atoms with Gasteiger partial charge >= 0.3 is 5.97 Å². The summed E-state index contributed by atoms with van der Waals surface area (Å²) in [7, 11) is 0. The lowest BCUT2D eigenvalue weighted by Crippen LogP contribution is -2.33. The number of benzene rings is 1. The highest BCUT2D eigenvalue weighted by atomic mass is 16.4. The summed E-state index contributed by atoms with van der Waals surface area (Å²) in [5, 5.41) is 9.16. The minimum absolute atomic E-state index is 0.347. The van der Waals surface area contributed by atoms with E-state index in [1.807, 2.05) is 12.1 Å². The molecule has 0 aliphatic carbocycles. The monoisotopic (exact) mass is 291 g/mol. The Morgan fingerprint density at radius 1 is 1.19 bits per heavy atom. The number of carboxylic acids is 1. The minimum atomic E-state index is -0.723. The maximum Gasteiger partial charge on any atom is 0.308 e. The molecule has 1 atom stereocenters. The van der Waals surface area contributed by atoms with Gasteiger partial charge in [0.1, 0.15) is 0 Å². The zero-order valence-corrected chi connectivity index (χ0v) is 13.6. The molecule has 1 aromatic carbocycles. The van der Waals surface area contributed by atoms with E-state index in [9.17, 15) is 4.79 Å². The lowest BCUT2D eigenvalue weighted by Gasteiger charge is -2.28. The van der Waals surface area contributed by atoms with Crippen molar-refractivity contribution in [3.63, 3.8) is 0 Å². The van der Waals surface area contributed by atoms with Crippen LogP contribution in [0.2, 0.25) is 0 Å². The molecule has 0 saturated carbocycles. The SMILES string of the molecule is CCCCCCCN(CC(C)C(=O)O)c1ccccc1C. The molecule has 1 aromatic rings. The molecular formula is C18H29NO2. The van der Waals surface area contributed by atoms with Crippen LogP contribution in [0.3, 0.4) is 0 Å².